The Morgan fingerprint density at radius 3 is 2.03 bits per heavy atom. The maximum atomic E-state index is 13.0. The van der Waals surface area contributed by atoms with Gasteiger partial charge in [-0.1, -0.05) is 60.7 Å². The van der Waals surface area contributed by atoms with Crippen LogP contribution in [0.2, 0.25) is 0 Å². The van der Waals surface area contributed by atoms with Crippen molar-refractivity contribution in [2.75, 3.05) is 7.11 Å². The van der Waals surface area contributed by atoms with E-state index < -0.39 is 17.5 Å². The number of nitrogens with one attached hydrogen (secondary N) is 1. The average Bonchev–Trinajstić information content (AvgIpc) is 2.80. The van der Waals surface area contributed by atoms with Gasteiger partial charge in [-0.3, -0.25) is 9.59 Å². The maximum absolute atomic E-state index is 13.0. The SMILES string of the molecule is COc1cc(C=NNC(=O)C(O)(c2ccccc2)c2ccccc2)ccc1OC(C)=O. The molecule has 0 aliphatic rings. The van der Waals surface area contributed by atoms with Crippen molar-refractivity contribution < 1.29 is 24.2 Å². The third-order valence-corrected chi connectivity index (χ3v) is 4.53. The minimum absolute atomic E-state index is 0.277. The number of methoxy groups -OCH3 is 1. The highest BCUT2D eigenvalue weighted by Gasteiger charge is 2.39. The van der Waals surface area contributed by atoms with Crippen LogP contribution in [-0.4, -0.2) is 30.3 Å². The summed E-state index contributed by atoms with van der Waals surface area (Å²) >= 11 is 0. The molecule has 0 aliphatic heterocycles. The number of carbonyl (C=O) groups excluding carboxylic acids is 2. The minimum Gasteiger partial charge on any atom is -0.493 e. The fourth-order valence-corrected chi connectivity index (χ4v) is 3.04. The lowest BCUT2D eigenvalue weighted by Crippen LogP contribution is -2.43. The predicted molar refractivity (Wildman–Crippen MR) is 116 cm³/mol. The molecule has 2 N–H and O–H groups in total. The highest BCUT2D eigenvalue weighted by atomic mass is 16.6. The number of nitrogens with zero attached hydrogens (tertiary/aromatic N) is 1. The predicted octanol–water partition coefficient (Wildman–Crippen LogP) is 3.01. The summed E-state index contributed by atoms with van der Waals surface area (Å²) in [6.07, 6.45) is 1.40. The van der Waals surface area contributed by atoms with Gasteiger partial charge in [0.05, 0.1) is 13.3 Å². The van der Waals surface area contributed by atoms with E-state index >= 15 is 0 Å². The first-order valence-electron chi connectivity index (χ1n) is 9.48. The van der Waals surface area contributed by atoms with Crippen LogP contribution in [-0.2, 0) is 15.2 Å². The molecule has 0 bridgehead atoms. The molecular weight excluding hydrogens is 396 g/mol. The first-order chi connectivity index (χ1) is 14.9. The van der Waals surface area contributed by atoms with Crippen molar-refractivity contribution in [1.82, 2.24) is 5.43 Å². The van der Waals surface area contributed by atoms with Crippen LogP contribution in [0.5, 0.6) is 11.5 Å². The first-order valence-corrected chi connectivity index (χ1v) is 9.48. The quantitative estimate of drug-likeness (QED) is 0.266. The molecule has 3 aromatic rings. The van der Waals surface area contributed by atoms with E-state index in [4.69, 9.17) is 9.47 Å². The Hall–Kier alpha value is -3.97. The Labute approximate surface area is 179 Å². The van der Waals surface area contributed by atoms with Crippen molar-refractivity contribution in [3.05, 3.63) is 95.6 Å². The molecule has 0 spiro atoms. The lowest BCUT2D eigenvalue weighted by Gasteiger charge is -2.27. The molecule has 0 saturated heterocycles. The lowest BCUT2D eigenvalue weighted by molar-refractivity contribution is -0.136. The zero-order valence-electron chi connectivity index (χ0n) is 17.1. The highest BCUT2D eigenvalue weighted by molar-refractivity contribution is 5.91. The minimum atomic E-state index is -1.92. The standard InChI is InChI=1S/C24H22N2O5/c1-17(27)31-21-14-13-18(15-22(21)30-2)16-25-26-23(28)24(29,19-9-5-3-6-10-19)20-11-7-4-8-12-20/h3-16,29H,1-2H3,(H,26,28). The van der Waals surface area contributed by atoms with Gasteiger partial charge < -0.3 is 14.6 Å². The zero-order valence-corrected chi connectivity index (χ0v) is 17.1. The Balaban J connectivity index is 1.83. The van der Waals surface area contributed by atoms with E-state index in [1.807, 2.05) is 0 Å². The molecule has 0 fully saturated rings. The van der Waals surface area contributed by atoms with Gasteiger partial charge in [-0.2, -0.15) is 5.10 Å². The second-order valence-corrected chi connectivity index (χ2v) is 6.65. The molecule has 0 atom stereocenters. The van der Waals surface area contributed by atoms with Gasteiger partial charge in [-0.05, 0) is 34.9 Å². The van der Waals surface area contributed by atoms with E-state index in [0.29, 0.717) is 22.4 Å². The average molecular weight is 418 g/mol. The number of hydrogen-bond donors (Lipinski definition) is 2. The summed E-state index contributed by atoms with van der Waals surface area (Å²) in [7, 11) is 1.45. The molecule has 0 heterocycles. The van der Waals surface area contributed by atoms with Crippen molar-refractivity contribution in [1.29, 1.82) is 0 Å². The summed E-state index contributed by atoms with van der Waals surface area (Å²) in [5.41, 5.74) is 1.92. The number of hydrazone groups is 1. The molecule has 31 heavy (non-hydrogen) atoms. The number of esters is 1. The van der Waals surface area contributed by atoms with Crippen LogP contribution in [0.25, 0.3) is 0 Å². The molecule has 0 aromatic heterocycles. The molecule has 158 valence electrons. The van der Waals surface area contributed by atoms with E-state index in [1.54, 1.807) is 78.9 Å². The molecular formula is C24H22N2O5. The van der Waals surface area contributed by atoms with Gasteiger partial charge in [0, 0.05) is 6.92 Å². The van der Waals surface area contributed by atoms with Gasteiger partial charge >= 0.3 is 5.97 Å². The summed E-state index contributed by atoms with van der Waals surface area (Å²) in [4.78, 5) is 24.2. The monoisotopic (exact) mass is 418 g/mol. The summed E-state index contributed by atoms with van der Waals surface area (Å²) in [6.45, 7) is 1.30. The van der Waals surface area contributed by atoms with Gasteiger partial charge in [0.25, 0.3) is 5.91 Å². The van der Waals surface area contributed by atoms with Crippen LogP contribution >= 0.6 is 0 Å². The molecule has 3 aromatic carbocycles. The van der Waals surface area contributed by atoms with Crippen LogP contribution in [0.4, 0.5) is 0 Å². The maximum Gasteiger partial charge on any atom is 0.308 e. The van der Waals surface area contributed by atoms with Gasteiger partial charge in [0.15, 0.2) is 17.1 Å². The fourth-order valence-electron chi connectivity index (χ4n) is 3.04. The van der Waals surface area contributed by atoms with Crippen molar-refractivity contribution in [2.24, 2.45) is 5.10 Å². The Morgan fingerprint density at radius 2 is 1.52 bits per heavy atom. The second kappa shape index (κ2) is 9.69. The molecule has 0 radical (unpaired) electrons. The largest absolute Gasteiger partial charge is 0.493 e. The van der Waals surface area contributed by atoms with E-state index in [1.165, 1.54) is 20.2 Å². The molecule has 0 unspecified atom stereocenters. The second-order valence-electron chi connectivity index (χ2n) is 6.65. The van der Waals surface area contributed by atoms with Crippen LogP contribution in [0.1, 0.15) is 23.6 Å². The molecule has 0 saturated carbocycles. The number of rotatable bonds is 7. The lowest BCUT2D eigenvalue weighted by atomic mass is 9.85. The topological polar surface area (TPSA) is 97.2 Å². The first kappa shape index (κ1) is 21.7. The smallest absolute Gasteiger partial charge is 0.308 e. The van der Waals surface area contributed by atoms with Gasteiger partial charge in [-0.15, -0.1) is 0 Å². The number of aliphatic hydroxyl groups is 1. The highest BCUT2D eigenvalue weighted by Crippen LogP contribution is 2.30. The van der Waals surface area contributed by atoms with Gasteiger partial charge in [0.1, 0.15) is 0 Å². The Morgan fingerprint density at radius 1 is 0.935 bits per heavy atom. The number of carbonyl (C=O) groups is 2. The molecule has 7 nitrogen and oxygen atoms in total. The van der Waals surface area contributed by atoms with Crippen LogP contribution < -0.4 is 14.9 Å². The summed E-state index contributed by atoms with van der Waals surface area (Å²) in [5, 5.41) is 15.3. The third kappa shape index (κ3) is 4.96. The summed E-state index contributed by atoms with van der Waals surface area (Å²) < 4.78 is 10.3. The van der Waals surface area contributed by atoms with Crippen molar-refractivity contribution in [3.8, 4) is 11.5 Å². The molecule has 7 heteroatoms. The van der Waals surface area contributed by atoms with Crippen LogP contribution in [0.3, 0.4) is 0 Å². The van der Waals surface area contributed by atoms with E-state index in [0.717, 1.165) is 0 Å². The number of ether oxygens (including phenoxy) is 2. The number of amides is 1. The Bertz CT molecular complexity index is 1040. The third-order valence-electron chi connectivity index (χ3n) is 4.53. The summed E-state index contributed by atoms with van der Waals surface area (Å²) in [5.74, 6) is -0.549. The van der Waals surface area contributed by atoms with E-state index in [9.17, 15) is 14.7 Å². The van der Waals surface area contributed by atoms with Gasteiger partial charge in [0.2, 0.25) is 0 Å². The van der Waals surface area contributed by atoms with Crippen molar-refractivity contribution in [2.45, 2.75) is 12.5 Å². The summed E-state index contributed by atoms with van der Waals surface area (Å²) in [6, 6.07) is 22.1. The fraction of sp³-hybridized carbons (Fsp3) is 0.125. The number of hydrogen-bond acceptors (Lipinski definition) is 6. The zero-order chi connectivity index (χ0) is 22.3. The Kier molecular flexibility index (Phi) is 6.79. The van der Waals surface area contributed by atoms with Crippen LogP contribution in [0.15, 0.2) is 84.0 Å². The van der Waals surface area contributed by atoms with Crippen molar-refractivity contribution >= 4 is 18.1 Å². The number of benzene rings is 3. The van der Waals surface area contributed by atoms with E-state index in [-0.39, 0.29) is 5.75 Å². The normalized spacial score (nSPS) is 11.2. The van der Waals surface area contributed by atoms with Gasteiger partial charge in [-0.25, -0.2) is 5.43 Å². The van der Waals surface area contributed by atoms with Crippen LogP contribution in [0, 0.1) is 0 Å². The van der Waals surface area contributed by atoms with E-state index in [2.05, 4.69) is 10.5 Å². The van der Waals surface area contributed by atoms with Crippen molar-refractivity contribution in [3.63, 3.8) is 0 Å². The molecule has 1 amide bonds. The molecule has 0 aliphatic carbocycles. The molecule has 3 rings (SSSR count).